The number of aromatic nitrogens is 4. The van der Waals surface area contributed by atoms with Gasteiger partial charge in [0.15, 0.2) is 0 Å². The van der Waals surface area contributed by atoms with E-state index in [0.717, 1.165) is 30.7 Å². The lowest BCUT2D eigenvalue weighted by Gasteiger charge is -2.10. The third-order valence-electron chi connectivity index (χ3n) is 3.21. The van der Waals surface area contributed by atoms with E-state index >= 15 is 0 Å². The Kier molecular flexibility index (Phi) is 3.81. The Bertz CT molecular complexity index is 511. The molecular formula is C13H21N5. The molecule has 2 rings (SSSR count). The fraction of sp³-hybridized carbons (Fsp3) is 0.538. The third kappa shape index (κ3) is 2.79. The van der Waals surface area contributed by atoms with E-state index in [1.54, 1.807) is 0 Å². The SMILES string of the molecule is CCc1cc(C(N)CCc2cnn(C)c2)n(C)n1. The van der Waals surface area contributed by atoms with E-state index in [1.165, 1.54) is 5.56 Å². The predicted octanol–water partition coefficient (Wildman–Crippen LogP) is 1.35. The summed E-state index contributed by atoms with van der Waals surface area (Å²) in [7, 11) is 3.89. The van der Waals surface area contributed by atoms with Gasteiger partial charge < -0.3 is 5.73 Å². The summed E-state index contributed by atoms with van der Waals surface area (Å²) in [4.78, 5) is 0. The van der Waals surface area contributed by atoms with E-state index in [1.807, 2.05) is 35.9 Å². The van der Waals surface area contributed by atoms with Crippen LogP contribution in [-0.2, 0) is 26.9 Å². The molecule has 2 aromatic rings. The normalized spacial score (nSPS) is 12.9. The van der Waals surface area contributed by atoms with Crippen molar-refractivity contribution in [2.45, 2.75) is 32.2 Å². The van der Waals surface area contributed by atoms with Crippen LogP contribution in [0.25, 0.3) is 0 Å². The third-order valence-corrected chi connectivity index (χ3v) is 3.21. The standard InChI is InChI=1S/C13H21N5/c1-4-11-7-13(18(3)16-11)12(14)6-5-10-8-15-17(2)9-10/h7-9,12H,4-6,14H2,1-3H3. The second kappa shape index (κ2) is 5.35. The molecule has 0 aromatic carbocycles. The Morgan fingerprint density at radius 3 is 2.72 bits per heavy atom. The molecule has 0 amide bonds. The van der Waals surface area contributed by atoms with Gasteiger partial charge in [0.25, 0.3) is 0 Å². The molecule has 0 aliphatic carbocycles. The maximum atomic E-state index is 6.23. The van der Waals surface area contributed by atoms with E-state index in [4.69, 9.17) is 5.73 Å². The van der Waals surface area contributed by atoms with Crippen LogP contribution in [0.15, 0.2) is 18.5 Å². The van der Waals surface area contributed by atoms with Crippen molar-refractivity contribution in [2.75, 3.05) is 0 Å². The molecule has 0 fully saturated rings. The highest BCUT2D eigenvalue weighted by atomic mass is 15.3. The zero-order valence-electron chi connectivity index (χ0n) is 11.3. The number of hydrogen-bond donors (Lipinski definition) is 1. The lowest BCUT2D eigenvalue weighted by atomic mass is 10.1. The van der Waals surface area contributed by atoms with Crippen molar-refractivity contribution >= 4 is 0 Å². The van der Waals surface area contributed by atoms with Gasteiger partial charge in [-0.05, 0) is 30.9 Å². The van der Waals surface area contributed by atoms with Gasteiger partial charge in [-0.3, -0.25) is 9.36 Å². The van der Waals surface area contributed by atoms with Crippen molar-refractivity contribution in [3.05, 3.63) is 35.4 Å². The maximum Gasteiger partial charge on any atom is 0.0625 e. The van der Waals surface area contributed by atoms with Gasteiger partial charge in [0, 0.05) is 26.3 Å². The van der Waals surface area contributed by atoms with E-state index in [-0.39, 0.29) is 6.04 Å². The molecule has 98 valence electrons. The van der Waals surface area contributed by atoms with Crippen molar-refractivity contribution in [3.63, 3.8) is 0 Å². The Morgan fingerprint density at radius 1 is 1.39 bits per heavy atom. The van der Waals surface area contributed by atoms with Gasteiger partial charge in [0.05, 0.1) is 17.6 Å². The number of hydrogen-bond acceptors (Lipinski definition) is 3. The number of aryl methyl sites for hydroxylation is 4. The molecule has 0 aliphatic rings. The molecule has 18 heavy (non-hydrogen) atoms. The minimum absolute atomic E-state index is 0.0306. The molecule has 5 nitrogen and oxygen atoms in total. The Morgan fingerprint density at radius 2 is 2.17 bits per heavy atom. The number of nitrogens with zero attached hydrogens (tertiary/aromatic N) is 4. The average Bonchev–Trinajstić information content (AvgIpc) is 2.92. The molecule has 0 aliphatic heterocycles. The maximum absolute atomic E-state index is 6.23. The van der Waals surface area contributed by atoms with Gasteiger partial charge in [-0.25, -0.2) is 0 Å². The first kappa shape index (κ1) is 12.8. The van der Waals surface area contributed by atoms with Crippen LogP contribution >= 0.6 is 0 Å². The molecular weight excluding hydrogens is 226 g/mol. The highest BCUT2D eigenvalue weighted by Crippen LogP contribution is 2.17. The van der Waals surface area contributed by atoms with Gasteiger partial charge in [0.1, 0.15) is 0 Å². The second-order valence-electron chi connectivity index (χ2n) is 4.71. The van der Waals surface area contributed by atoms with Crippen LogP contribution in [0, 0.1) is 0 Å². The second-order valence-corrected chi connectivity index (χ2v) is 4.71. The van der Waals surface area contributed by atoms with Crippen molar-refractivity contribution in [3.8, 4) is 0 Å². The molecule has 2 heterocycles. The Labute approximate surface area is 108 Å². The molecule has 5 heteroatoms. The summed E-state index contributed by atoms with van der Waals surface area (Å²) in [5.74, 6) is 0. The Balaban J connectivity index is 1.98. The zero-order valence-corrected chi connectivity index (χ0v) is 11.3. The largest absolute Gasteiger partial charge is 0.323 e. The molecule has 1 atom stereocenters. The highest BCUT2D eigenvalue weighted by molar-refractivity contribution is 5.14. The minimum atomic E-state index is 0.0306. The lowest BCUT2D eigenvalue weighted by molar-refractivity contribution is 0.580. The van der Waals surface area contributed by atoms with Crippen LogP contribution in [0.4, 0.5) is 0 Å². The number of rotatable bonds is 5. The van der Waals surface area contributed by atoms with Crippen LogP contribution < -0.4 is 5.73 Å². The van der Waals surface area contributed by atoms with Crippen LogP contribution in [0.5, 0.6) is 0 Å². The van der Waals surface area contributed by atoms with Crippen LogP contribution in [0.3, 0.4) is 0 Å². The summed E-state index contributed by atoms with van der Waals surface area (Å²) in [6.45, 7) is 2.10. The highest BCUT2D eigenvalue weighted by Gasteiger charge is 2.12. The van der Waals surface area contributed by atoms with Gasteiger partial charge in [-0.1, -0.05) is 6.92 Å². The molecule has 2 N–H and O–H groups in total. The molecule has 0 radical (unpaired) electrons. The first-order valence-electron chi connectivity index (χ1n) is 6.36. The van der Waals surface area contributed by atoms with Gasteiger partial charge in [0.2, 0.25) is 0 Å². The molecule has 0 saturated carbocycles. The van der Waals surface area contributed by atoms with Crippen molar-refractivity contribution in [1.82, 2.24) is 19.6 Å². The monoisotopic (exact) mass is 247 g/mol. The predicted molar refractivity (Wildman–Crippen MR) is 71.0 cm³/mol. The lowest BCUT2D eigenvalue weighted by Crippen LogP contribution is -2.15. The quantitative estimate of drug-likeness (QED) is 0.867. The van der Waals surface area contributed by atoms with E-state index < -0.39 is 0 Å². The average molecular weight is 247 g/mol. The molecule has 0 saturated heterocycles. The van der Waals surface area contributed by atoms with E-state index in [2.05, 4.69) is 23.2 Å². The summed E-state index contributed by atoms with van der Waals surface area (Å²) in [6.07, 6.45) is 6.74. The fourth-order valence-electron chi connectivity index (χ4n) is 2.13. The number of nitrogens with two attached hydrogens (primary N) is 1. The first-order chi connectivity index (χ1) is 8.60. The topological polar surface area (TPSA) is 61.7 Å². The summed E-state index contributed by atoms with van der Waals surface area (Å²) in [5.41, 5.74) is 9.67. The molecule has 0 bridgehead atoms. The van der Waals surface area contributed by atoms with Crippen LogP contribution in [0.2, 0.25) is 0 Å². The van der Waals surface area contributed by atoms with Crippen molar-refractivity contribution < 1.29 is 0 Å². The van der Waals surface area contributed by atoms with E-state index in [9.17, 15) is 0 Å². The van der Waals surface area contributed by atoms with Crippen molar-refractivity contribution in [1.29, 1.82) is 0 Å². The van der Waals surface area contributed by atoms with Crippen molar-refractivity contribution in [2.24, 2.45) is 19.8 Å². The van der Waals surface area contributed by atoms with E-state index in [0.29, 0.717) is 0 Å². The van der Waals surface area contributed by atoms with Crippen LogP contribution in [-0.4, -0.2) is 19.6 Å². The fourth-order valence-corrected chi connectivity index (χ4v) is 2.13. The molecule has 1 unspecified atom stereocenters. The van der Waals surface area contributed by atoms with Gasteiger partial charge >= 0.3 is 0 Å². The Hall–Kier alpha value is -1.62. The first-order valence-corrected chi connectivity index (χ1v) is 6.36. The van der Waals surface area contributed by atoms with Crippen LogP contribution in [0.1, 0.15) is 36.3 Å². The molecule has 2 aromatic heterocycles. The minimum Gasteiger partial charge on any atom is -0.323 e. The summed E-state index contributed by atoms with van der Waals surface area (Å²) < 4.78 is 3.72. The smallest absolute Gasteiger partial charge is 0.0625 e. The summed E-state index contributed by atoms with van der Waals surface area (Å²) in [6, 6.07) is 2.14. The van der Waals surface area contributed by atoms with Gasteiger partial charge in [-0.2, -0.15) is 10.2 Å². The zero-order chi connectivity index (χ0) is 13.1. The summed E-state index contributed by atoms with van der Waals surface area (Å²) >= 11 is 0. The van der Waals surface area contributed by atoms with Gasteiger partial charge in [-0.15, -0.1) is 0 Å². The summed E-state index contributed by atoms with van der Waals surface area (Å²) in [5, 5.41) is 8.59. The molecule has 0 spiro atoms.